The number of nitrogens with one attached hydrogen (secondary N) is 1. The first-order valence-electron chi connectivity index (χ1n) is 7.39. The van der Waals surface area contributed by atoms with Crippen molar-refractivity contribution in [3.05, 3.63) is 28.8 Å². The van der Waals surface area contributed by atoms with Crippen LogP contribution in [0.2, 0.25) is 5.02 Å². The number of amides is 1. The Morgan fingerprint density at radius 1 is 1.43 bits per heavy atom. The first-order chi connectivity index (χ1) is 9.87. The van der Waals surface area contributed by atoms with Gasteiger partial charge < -0.3 is 10.1 Å². The Balaban J connectivity index is 1.98. The van der Waals surface area contributed by atoms with Crippen LogP contribution in [0, 0.1) is 0 Å². The Hall–Kier alpha value is -1.26. The summed E-state index contributed by atoms with van der Waals surface area (Å²) < 4.78 is 5.59. The molecule has 0 radical (unpaired) electrons. The average Bonchev–Trinajstić information content (AvgIpc) is 2.71. The fraction of sp³-hybridized carbons (Fsp3) is 0.562. The number of piperidine rings is 1. The van der Waals surface area contributed by atoms with E-state index in [4.69, 9.17) is 16.3 Å². The maximum Gasteiger partial charge on any atom is 0.415 e. The predicted molar refractivity (Wildman–Crippen MR) is 84.2 cm³/mol. The Labute approximate surface area is 130 Å². The van der Waals surface area contributed by atoms with E-state index in [1.54, 1.807) is 0 Å². The quantitative estimate of drug-likeness (QED) is 0.797. The van der Waals surface area contributed by atoms with Crippen LogP contribution in [0.3, 0.4) is 0 Å². The number of hydrogen-bond donors (Lipinski definition) is 1. The van der Waals surface area contributed by atoms with Crippen molar-refractivity contribution in [2.75, 3.05) is 18.0 Å². The molecule has 1 aromatic rings. The zero-order valence-corrected chi connectivity index (χ0v) is 13.4. The van der Waals surface area contributed by atoms with Gasteiger partial charge in [-0.25, -0.2) is 4.79 Å². The van der Waals surface area contributed by atoms with Crippen molar-refractivity contribution in [3.63, 3.8) is 0 Å². The number of hydrogen-bond acceptors (Lipinski definition) is 3. The molecule has 2 aliphatic rings. The molecule has 4 nitrogen and oxygen atoms in total. The van der Waals surface area contributed by atoms with E-state index in [0.29, 0.717) is 10.9 Å². The van der Waals surface area contributed by atoms with Gasteiger partial charge in [0.05, 0.1) is 5.69 Å². The first kappa shape index (κ1) is 14.7. The zero-order chi connectivity index (χ0) is 15.2. The van der Waals surface area contributed by atoms with E-state index >= 15 is 0 Å². The lowest BCUT2D eigenvalue weighted by molar-refractivity contribution is 0.0562. The second-order valence-corrected chi connectivity index (χ2v) is 7.16. The fourth-order valence-electron chi connectivity index (χ4n) is 3.24. The summed E-state index contributed by atoms with van der Waals surface area (Å²) in [6.07, 6.45) is 0.663. The van der Waals surface area contributed by atoms with E-state index in [0.717, 1.165) is 30.8 Å². The van der Waals surface area contributed by atoms with Crippen LogP contribution in [-0.4, -0.2) is 30.8 Å². The fourth-order valence-corrected chi connectivity index (χ4v) is 3.42. The van der Waals surface area contributed by atoms with Gasteiger partial charge in [0.15, 0.2) is 0 Å². The molecular formula is C16H21ClN2O2. The van der Waals surface area contributed by atoms with Crippen LogP contribution in [0.4, 0.5) is 10.5 Å². The molecule has 114 valence electrons. The topological polar surface area (TPSA) is 41.6 Å². The lowest BCUT2D eigenvalue weighted by Gasteiger charge is -2.33. The molecule has 1 saturated heterocycles. The van der Waals surface area contributed by atoms with E-state index in [-0.39, 0.29) is 12.1 Å². The van der Waals surface area contributed by atoms with Gasteiger partial charge >= 0.3 is 6.09 Å². The van der Waals surface area contributed by atoms with Crippen LogP contribution in [0.15, 0.2) is 18.2 Å². The second kappa shape index (κ2) is 5.18. The Bertz CT molecular complexity index is 568. The number of benzene rings is 1. The lowest BCUT2D eigenvalue weighted by Crippen LogP contribution is -2.48. The third kappa shape index (κ3) is 2.74. The van der Waals surface area contributed by atoms with Crippen molar-refractivity contribution in [2.24, 2.45) is 0 Å². The molecule has 0 bridgehead atoms. The van der Waals surface area contributed by atoms with Gasteiger partial charge in [0, 0.05) is 23.5 Å². The summed E-state index contributed by atoms with van der Waals surface area (Å²) >= 11 is 6.13. The highest BCUT2D eigenvalue weighted by Crippen LogP contribution is 2.44. The van der Waals surface area contributed by atoms with Gasteiger partial charge in [-0.1, -0.05) is 11.6 Å². The summed E-state index contributed by atoms with van der Waals surface area (Å²) in [5, 5.41) is 4.11. The Morgan fingerprint density at radius 2 is 2.19 bits per heavy atom. The molecule has 5 heteroatoms. The average molecular weight is 309 g/mol. The van der Waals surface area contributed by atoms with Gasteiger partial charge in [-0.2, -0.15) is 0 Å². The van der Waals surface area contributed by atoms with Gasteiger partial charge in [0.1, 0.15) is 5.60 Å². The highest BCUT2D eigenvalue weighted by Gasteiger charge is 2.44. The molecule has 1 fully saturated rings. The number of ether oxygens (including phenoxy) is 1. The van der Waals surface area contributed by atoms with Gasteiger partial charge in [0.2, 0.25) is 0 Å². The van der Waals surface area contributed by atoms with Crippen molar-refractivity contribution in [1.82, 2.24) is 5.32 Å². The van der Waals surface area contributed by atoms with Crippen LogP contribution in [0.1, 0.15) is 38.7 Å². The monoisotopic (exact) mass is 308 g/mol. The molecule has 0 spiro atoms. The van der Waals surface area contributed by atoms with Gasteiger partial charge in [-0.05, 0) is 57.5 Å². The smallest absolute Gasteiger partial charge is 0.415 e. The van der Waals surface area contributed by atoms with E-state index in [1.807, 2.05) is 43.9 Å². The highest BCUT2D eigenvalue weighted by atomic mass is 35.5. The molecule has 0 saturated carbocycles. The zero-order valence-electron chi connectivity index (χ0n) is 12.6. The van der Waals surface area contributed by atoms with Crippen molar-refractivity contribution >= 4 is 23.4 Å². The third-order valence-corrected chi connectivity index (χ3v) is 4.25. The Morgan fingerprint density at radius 3 is 2.90 bits per heavy atom. The number of anilines is 1. The molecule has 1 aromatic carbocycles. The summed E-state index contributed by atoms with van der Waals surface area (Å²) in [4.78, 5) is 14.4. The normalized spacial score (nSPS) is 24.5. The van der Waals surface area contributed by atoms with Gasteiger partial charge in [-0.15, -0.1) is 0 Å². The molecular weight excluding hydrogens is 288 g/mol. The van der Waals surface area contributed by atoms with Gasteiger partial charge in [-0.3, -0.25) is 4.90 Å². The molecule has 2 heterocycles. The van der Waals surface area contributed by atoms with Crippen molar-refractivity contribution in [2.45, 2.75) is 44.8 Å². The summed E-state index contributed by atoms with van der Waals surface area (Å²) in [6.45, 7) is 7.47. The molecule has 1 amide bonds. The number of nitrogens with zero attached hydrogens (tertiary/aromatic N) is 1. The number of rotatable bonds is 0. The van der Waals surface area contributed by atoms with Gasteiger partial charge in [0.25, 0.3) is 0 Å². The standard InChI is InChI=1S/C16H21ClN2O2/c1-16(2,3)21-15(20)19-13-5-4-10(17)8-11(13)12-9-18-7-6-14(12)19/h4-5,8,12,14,18H,6-7,9H2,1-3H3/t12-,14-/m1/s1. The molecule has 2 aliphatic heterocycles. The minimum Gasteiger partial charge on any atom is -0.443 e. The third-order valence-electron chi connectivity index (χ3n) is 4.02. The summed E-state index contributed by atoms with van der Waals surface area (Å²) in [5.74, 6) is 0.292. The maximum atomic E-state index is 12.6. The second-order valence-electron chi connectivity index (χ2n) is 6.72. The van der Waals surface area contributed by atoms with Crippen molar-refractivity contribution in [3.8, 4) is 0 Å². The minimum atomic E-state index is -0.491. The van der Waals surface area contributed by atoms with E-state index in [2.05, 4.69) is 5.32 Å². The lowest BCUT2D eigenvalue weighted by atomic mass is 9.90. The predicted octanol–water partition coefficient (Wildman–Crippen LogP) is 3.54. The largest absolute Gasteiger partial charge is 0.443 e. The number of halogens is 1. The first-order valence-corrected chi connectivity index (χ1v) is 7.77. The molecule has 3 rings (SSSR count). The summed E-state index contributed by atoms with van der Waals surface area (Å²) in [5.41, 5.74) is 1.59. The van der Waals surface area contributed by atoms with Crippen molar-refractivity contribution < 1.29 is 9.53 Å². The van der Waals surface area contributed by atoms with E-state index in [9.17, 15) is 4.79 Å². The summed E-state index contributed by atoms with van der Waals surface area (Å²) in [6, 6.07) is 5.91. The van der Waals surface area contributed by atoms with E-state index < -0.39 is 5.60 Å². The van der Waals surface area contributed by atoms with E-state index in [1.165, 1.54) is 0 Å². The van der Waals surface area contributed by atoms with Crippen molar-refractivity contribution in [1.29, 1.82) is 0 Å². The van der Waals surface area contributed by atoms with Crippen LogP contribution in [0.5, 0.6) is 0 Å². The number of carbonyl (C=O) groups is 1. The highest BCUT2D eigenvalue weighted by molar-refractivity contribution is 6.30. The SMILES string of the molecule is CC(C)(C)OC(=O)N1c2ccc(Cl)cc2[C@H]2CNCC[C@H]21. The summed E-state index contributed by atoms with van der Waals surface area (Å²) in [7, 11) is 0. The molecule has 0 aromatic heterocycles. The molecule has 21 heavy (non-hydrogen) atoms. The van der Waals surface area contributed by atoms with Crippen LogP contribution >= 0.6 is 11.6 Å². The van der Waals surface area contributed by atoms with Crippen LogP contribution in [0.25, 0.3) is 0 Å². The Kier molecular flexibility index (Phi) is 3.62. The molecule has 2 atom stereocenters. The minimum absolute atomic E-state index is 0.162. The van der Waals surface area contributed by atoms with Crippen LogP contribution < -0.4 is 10.2 Å². The maximum absolute atomic E-state index is 12.6. The molecule has 1 N–H and O–H groups in total. The number of carbonyl (C=O) groups excluding carboxylic acids is 1. The molecule has 0 unspecified atom stereocenters. The molecule has 0 aliphatic carbocycles. The number of fused-ring (bicyclic) bond motifs is 3. The van der Waals surface area contributed by atoms with Crippen LogP contribution in [-0.2, 0) is 4.74 Å².